The summed E-state index contributed by atoms with van der Waals surface area (Å²) in [5.41, 5.74) is 4.25. The van der Waals surface area contributed by atoms with E-state index in [9.17, 15) is 4.79 Å². The third-order valence-electron chi connectivity index (χ3n) is 6.21. The van der Waals surface area contributed by atoms with Gasteiger partial charge in [0.2, 0.25) is 5.91 Å². The molecule has 5 heteroatoms. The molecular formula is C26H32N4O. The highest BCUT2D eigenvalue weighted by atomic mass is 16.2. The first-order chi connectivity index (χ1) is 15.0. The van der Waals surface area contributed by atoms with E-state index in [1.165, 1.54) is 5.69 Å². The highest BCUT2D eigenvalue weighted by Crippen LogP contribution is 2.26. The van der Waals surface area contributed by atoms with E-state index in [2.05, 4.69) is 64.6 Å². The largest absolute Gasteiger partial charge is 0.374 e. The molecule has 1 saturated heterocycles. The number of likely N-dealkylation sites (N-methyl/N-ethyl adjacent to an activating group) is 1. The quantitative estimate of drug-likeness (QED) is 0.610. The number of hydrogen-bond acceptors (Lipinski definition) is 4. The first-order valence-electron chi connectivity index (χ1n) is 11.2. The van der Waals surface area contributed by atoms with Crippen LogP contribution in [0, 0.1) is 6.92 Å². The van der Waals surface area contributed by atoms with Crippen molar-refractivity contribution in [2.24, 2.45) is 0 Å². The van der Waals surface area contributed by atoms with Gasteiger partial charge in [-0.3, -0.25) is 4.79 Å². The number of carbonyl (C=O) groups is 1. The maximum atomic E-state index is 12.9. The van der Waals surface area contributed by atoms with E-state index in [4.69, 9.17) is 0 Å². The fourth-order valence-electron chi connectivity index (χ4n) is 4.20. The zero-order valence-electron chi connectivity index (χ0n) is 18.7. The Morgan fingerprint density at radius 1 is 0.968 bits per heavy atom. The number of nitrogens with one attached hydrogen (secondary N) is 2. The maximum absolute atomic E-state index is 12.9. The smallest absolute Gasteiger partial charge is 0.246 e. The molecule has 0 aliphatic carbocycles. The van der Waals surface area contributed by atoms with Gasteiger partial charge in [-0.2, -0.15) is 0 Å². The Kier molecular flexibility index (Phi) is 6.42. The topological polar surface area (TPSA) is 47.6 Å². The molecule has 4 rings (SSSR count). The fraction of sp³-hybridized carbons (Fsp3) is 0.346. The van der Waals surface area contributed by atoms with Gasteiger partial charge in [-0.1, -0.05) is 43.3 Å². The van der Waals surface area contributed by atoms with Gasteiger partial charge in [-0.25, -0.2) is 0 Å². The molecule has 0 bridgehead atoms. The molecule has 5 nitrogen and oxygen atoms in total. The predicted molar refractivity (Wildman–Crippen MR) is 131 cm³/mol. The number of carbonyl (C=O) groups excluding carboxylic acids is 1. The number of piperazine rings is 1. The first kappa shape index (κ1) is 21.2. The van der Waals surface area contributed by atoms with E-state index < -0.39 is 0 Å². The fourth-order valence-corrected chi connectivity index (χ4v) is 4.20. The molecule has 0 spiro atoms. The average Bonchev–Trinajstić information content (AvgIpc) is 2.80. The van der Waals surface area contributed by atoms with Gasteiger partial charge in [0.25, 0.3) is 0 Å². The van der Waals surface area contributed by atoms with Crippen molar-refractivity contribution in [1.29, 1.82) is 0 Å². The Hall–Kier alpha value is -3.05. The monoisotopic (exact) mass is 416 g/mol. The van der Waals surface area contributed by atoms with E-state index >= 15 is 0 Å². The standard InChI is InChI=1S/C26H32N4O/c1-4-29-14-16-30(17-15-29)22-12-13-24(19(2)18-22)27-20(3)26(31)28-25-11-7-9-21-8-5-6-10-23(21)25/h5-13,18,20,27H,4,14-17H2,1-3H3,(H,28,31). The minimum absolute atomic E-state index is 0.0458. The molecule has 1 unspecified atom stereocenters. The second-order valence-corrected chi connectivity index (χ2v) is 8.30. The molecule has 3 aromatic rings. The van der Waals surface area contributed by atoms with Crippen LogP contribution in [0.15, 0.2) is 60.7 Å². The van der Waals surface area contributed by atoms with Crippen LogP contribution < -0.4 is 15.5 Å². The lowest BCUT2D eigenvalue weighted by Gasteiger charge is -2.35. The molecule has 1 fully saturated rings. The predicted octanol–water partition coefficient (Wildman–Crippen LogP) is 4.73. The summed E-state index contributed by atoms with van der Waals surface area (Å²) in [5, 5.41) is 8.64. The van der Waals surface area contributed by atoms with Crippen molar-refractivity contribution in [2.45, 2.75) is 26.8 Å². The van der Waals surface area contributed by atoms with Gasteiger partial charge in [0.1, 0.15) is 6.04 Å². The molecule has 3 aromatic carbocycles. The number of nitrogens with zero attached hydrogens (tertiary/aromatic N) is 2. The third-order valence-corrected chi connectivity index (χ3v) is 6.21. The summed E-state index contributed by atoms with van der Waals surface area (Å²) >= 11 is 0. The van der Waals surface area contributed by atoms with Gasteiger partial charge in [0, 0.05) is 48.6 Å². The number of hydrogen-bond donors (Lipinski definition) is 2. The molecule has 2 N–H and O–H groups in total. The summed E-state index contributed by atoms with van der Waals surface area (Å²) in [5.74, 6) is -0.0458. The lowest BCUT2D eigenvalue weighted by molar-refractivity contribution is -0.116. The zero-order chi connectivity index (χ0) is 21.8. The van der Waals surface area contributed by atoms with E-state index in [1.807, 2.05) is 37.3 Å². The van der Waals surface area contributed by atoms with Crippen LogP contribution in [0.3, 0.4) is 0 Å². The highest BCUT2D eigenvalue weighted by molar-refractivity contribution is 6.04. The van der Waals surface area contributed by atoms with Crippen LogP contribution in [-0.4, -0.2) is 49.6 Å². The van der Waals surface area contributed by atoms with E-state index in [1.54, 1.807) is 0 Å². The summed E-state index contributed by atoms with van der Waals surface area (Å²) in [7, 11) is 0. The molecular weight excluding hydrogens is 384 g/mol. The van der Waals surface area contributed by atoms with Gasteiger partial charge < -0.3 is 20.4 Å². The van der Waals surface area contributed by atoms with Crippen LogP contribution in [0.25, 0.3) is 10.8 Å². The number of aryl methyl sites for hydroxylation is 1. The van der Waals surface area contributed by atoms with Crippen molar-refractivity contribution in [3.05, 3.63) is 66.2 Å². The van der Waals surface area contributed by atoms with Crippen molar-refractivity contribution < 1.29 is 4.79 Å². The molecule has 0 saturated carbocycles. The molecule has 162 valence electrons. The number of rotatable bonds is 6. The van der Waals surface area contributed by atoms with Gasteiger partial charge in [0.15, 0.2) is 0 Å². The van der Waals surface area contributed by atoms with Crippen molar-refractivity contribution >= 4 is 33.7 Å². The molecule has 1 aliphatic heterocycles. The van der Waals surface area contributed by atoms with Crippen molar-refractivity contribution in [2.75, 3.05) is 48.3 Å². The summed E-state index contributed by atoms with van der Waals surface area (Å²) in [6.45, 7) is 11.7. The summed E-state index contributed by atoms with van der Waals surface area (Å²) in [6.07, 6.45) is 0. The van der Waals surface area contributed by atoms with Gasteiger partial charge in [-0.05, 0) is 55.6 Å². The average molecular weight is 417 g/mol. The van der Waals surface area contributed by atoms with Crippen molar-refractivity contribution in [1.82, 2.24) is 4.90 Å². The number of fused-ring (bicyclic) bond motifs is 1. The minimum Gasteiger partial charge on any atom is -0.374 e. The lowest BCUT2D eigenvalue weighted by atomic mass is 10.1. The van der Waals surface area contributed by atoms with Crippen LogP contribution in [0.2, 0.25) is 0 Å². The Labute approximate surface area is 185 Å². The van der Waals surface area contributed by atoms with Crippen molar-refractivity contribution in [3.8, 4) is 0 Å². The van der Waals surface area contributed by atoms with Crippen LogP contribution in [0.1, 0.15) is 19.4 Å². The van der Waals surface area contributed by atoms with E-state index in [0.717, 1.165) is 60.4 Å². The molecule has 1 atom stereocenters. The summed E-state index contributed by atoms with van der Waals surface area (Å²) in [4.78, 5) is 17.8. The van der Waals surface area contributed by atoms with Crippen LogP contribution in [-0.2, 0) is 4.79 Å². The SMILES string of the molecule is CCN1CCN(c2ccc(NC(C)C(=O)Nc3cccc4ccccc34)c(C)c2)CC1. The molecule has 1 amide bonds. The molecule has 1 aliphatic rings. The Balaban J connectivity index is 1.41. The Morgan fingerprint density at radius 3 is 2.45 bits per heavy atom. The third kappa shape index (κ3) is 4.83. The number of amides is 1. The highest BCUT2D eigenvalue weighted by Gasteiger charge is 2.18. The van der Waals surface area contributed by atoms with E-state index in [0.29, 0.717) is 0 Å². The van der Waals surface area contributed by atoms with Crippen LogP contribution in [0.5, 0.6) is 0 Å². The minimum atomic E-state index is -0.350. The van der Waals surface area contributed by atoms with Crippen LogP contribution >= 0.6 is 0 Å². The summed E-state index contributed by atoms with van der Waals surface area (Å²) in [6, 6.07) is 20.2. The van der Waals surface area contributed by atoms with Crippen LogP contribution in [0.4, 0.5) is 17.1 Å². The second-order valence-electron chi connectivity index (χ2n) is 8.30. The zero-order valence-corrected chi connectivity index (χ0v) is 18.7. The normalized spacial score (nSPS) is 15.6. The molecule has 0 aromatic heterocycles. The van der Waals surface area contributed by atoms with Gasteiger partial charge in [0.05, 0.1) is 0 Å². The molecule has 0 radical (unpaired) electrons. The Morgan fingerprint density at radius 2 is 1.71 bits per heavy atom. The first-order valence-corrected chi connectivity index (χ1v) is 11.2. The van der Waals surface area contributed by atoms with Gasteiger partial charge in [-0.15, -0.1) is 0 Å². The van der Waals surface area contributed by atoms with Crippen molar-refractivity contribution in [3.63, 3.8) is 0 Å². The lowest BCUT2D eigenvalue weighted by Crippen LogP contribution is -2.46. The molecule has 1 heterocycles. The molecule has 31 heavy (non-hydrogen) atoms. The second kappa shape index (κ2) is 9.40. The Bertz CT molecular complexity index is 1050. The number of benzene rings is 3. The van der Waals surface area contributed by atoms with E-state index in [-0.39, 0.29) is 11.9 Å². The van der Waals surface area contributed by atoms with Gasteiger partial charge >= 0.3 is 0 Å². The number of anilines is 3. The maximum Gasteiger partial charge on any atom is 0.246 e. The summed E-state index contributed by atoms with van der Waals surface area (Å²) < 4.78 is 0.